The largest absolute Gasteiger partial charge is 0.619 e. The first-order valence-corrected chi connectivity index (χ1v) is 10.2. The molecule has 1 fully saturated rings. The molecule has 8 nitrogen and oxygen atoms in total. The van der Waals surface area contributed by atoms with Crippen molar-refractivity contribution in [1.82, 2.24) is 25.1 Å². The molecule has 8 heteroatoms. The van der Waals surface area contributed by atoms with Crippen LogP contribution >= 0.6 is 0 Å². The van der Waals surface area contributed by atoms with E-state index in [-0.39, 0.29) is 17.4 Å². The normalized spacial score (nSPS) is 20.4. The summed E-state index contributed by atoms with van der Waals surface area (Å²) in [4.78, 5) is 22.1. The predicted octanol–water partition coefficient (Wildman–Crippen LogP) is 2.47. The van der Waals surface area contributed by atoms with Crippen LogP contribution < -0.4 is 10.0 Å². The first-order valence-electron chi connectivity index (χ1n) is 10.2. The highest BCUT2D eigenvalue weighted by Gasteiger charge is 2.50. The van der Waals surface area contributed by atoms with Crippen molar-refractivity contribution in [2.45, 2.75) is 45.6 Å². The van der Waals surface area contributed by atoms with Crippen LogP contribution in [0.2, 0.25) is 0 Å². The van der Waals surface area contributed by atoms with Gasteiger partial charge in [0.15, 0.2) is 11.9 Å². The van der Waals surface area contributed by atoms with Gasteiger partial charge in [0.05, 0.1) is 23.6 Å². The number of aromatic nitrogens is 5. The number of pyridine rings is 1. The zero-order valence-corrected chi connectivity index (χ0v) is 17.2. The Bertz CT molecular complexity index is 1120. The maximum Gasteiger partial charge on any atom is 0.272 e. The van der Waals surface area contributed by atoms with E-state index in [1.54, 1.807) is 10.9 Å². The molecule has 0 aromatic carbocycles. The predicted molar refractivity (Wildman–Crippen MR) is 109 cm³/mol. The highest BCUT2D eigenvalue weighted by atomic mass is 16.5. The Balaban J connectivity index is 1.52. The van der Waals surface area contributed by atoms with E-state index in [1.165, 1.54) is 18.6 Å². The summed E-state index contributed by atoms with van der Waals surface area (Å²) in [6.07, 6.45) is 7.85. The van der Waals surface area contributed by atoms with Gasteiger partial charge in [0, 0.05) is 17.7 Å². The van der Waals surface area contributed by atoms with Crippen LogP contribution in [0.4, 0.5) is 0 Å². The number of carbonyl (C=O) groups excluding carboxylic acids is 1. The second kappa shape index (κ2) is 6.62. The Morgan fingerprint density at radius 1 is 1.30 bits per heavy atom. The SMILES string of the molecule is CC(C)(C)C(NC(=O)c1nn(-c2c[n+]([O-])ccn2)c2c1C[C@H]1C[C@@H]21)c1ccccn1. The number of hydrogen-bond donors (Lipinski definition) is 1. The molecule has 3 heterocycles. The highest BCUT2D eigenvalue weighted by Crippen LogP contribution is 2.57. The average Bonchev–Trinajstić information content (AvgIpc) is 3.21. The molecule has 1 N–H and O–H groups in total. The Kier molecular flexibility index (Phi) is 4.13. The van der Waals surface area contributed by atoms with Crippen LogP contribution in [0.5, 0.6) is 0 Å². The van der Waals surface area contributed by atoms with Crippen molar-refractivity contribution in [3.05, 3.63) is 70.8 Å². The summed E-state index contributed by atoms with van der Waals surface area (Å²) in [5.74, 6) is 1.17. The fourth-order valence-corrected chi connectivity index (χ4v) is 4.43. The van der Waals surface area contributed by atoms with E-state index in [9.17, 15) is 10.0 Å². The van der Waals surface area contributed by atoms with Gasteiger partial charge in [0.1, 0.15) is 0 Å². The van der Waals surface area contributed by atoms with Gasteiger partial charge in [-0.15, -0.1) is 0 Å². The maximum absolute atomic E-state index is 13.4. The number of nitrogens with one attached hydrogen (secondary N) is 1. The lowest BCUT2D eigenvalue weighted by Gasteiger charge is -2.30. The molecular formula is C22H24N6O2. The summed E-state index contributed by atoms with van der Waals surface area (Å²) >= 11 is 0. The quantitative estimate of drug-likeness (QED) is 0.532. The molecule has 0 aliphatic heterocycles. The van der Waals surface area contributed by atoms with Crippen LogP contribution in [0, 0.1) is 16.5 Å². The van der Waals surface area contributed by atoms with Gasteiger partial charge < -0.3 is 10.5 Å². The summed E-state index contributed by atoms with van der Waals surface area (Å²) in [6.45, 7) is 6.23. The van der Waals surface area contributed by atoms with Crippen LogP contribution in [-0.2, 0) is 6.42 Å². The molecule has 0 bridgehead atoms. The lowest BCUT2D eigenvalue weighted by Crippen LogP contribution is -2.37. The summed E-state index contributed by atoms with van der Waals surface area (Å²) < 4.78 is 2.38. The number of rotatable bonds is 4. The van der Waals surface area contributed by atoms with Crippen LogP contribution in [0.3, 0.4) is 0 Å². The first kappa shape index (κ1) is 18.7. The minimum absolute atomic E-state index is 0.220. The number of carbonyl (C=O) groups is 1. The number of fused-ring (bicyclic) bond motifs is 3. The third kappa shape index (κ3) is 3.12. The van der Waals surface area contributed by atoms with Crippen molar-refractivity contribution in [3.63, 3.8) is 0 Å². The summed E-state index contributed by atoms with van der Waals surface area (Å²) in [7, 11) is 0. The minimum atomic E-state index is -0.262. The molecule has 0 spiro atoms. The monoisotopic (exact) mass is 404 g/mol. The van der Waals surface area contributed by atoms with Crippen LogP contribution in [-0.4, -0.2) is 25.7 Å². The van der Waals surface area contributed by atoms with Crippen molar-refractivity contribution < 1.29 is 9.52 Å². The van der Waals surface area contributed by atoms with E-state index in [0.717, 1.165) is 29.8 Å². The van der Waals surface area contributed by atoms with Gasteiger partial charge in [-0.25, -0.2) is 9.67 Å². The molecule has 0 radical (unpaired) electrons. The summed E-state index contributed by atoms with van der Waals surface area (Å²) in [5, 5.41) is 19.5. The van der Waals surface area contributed by atoms with Gasteiger partial charge in [-0.1, -0.05) is 26.8 Å². The van der Waals surface area contributed by atoms with Crippen LogP contribution in [0.25, 0.3) is 5.82 Å². The summed E-state index contributed by atoms with van der Waals surface area (Å²) in [5.41, 5.74) is 3.01. The minimum Gasteiger partial charge on any atom is -0.619 e. The van der Waals surface area contributed by atoms with E-state index < -0.39 is 0 Å². The maximum atomic E-state index is 13.4. The zero-order chi connectivity index (χ0) is 21.0. The molecule has 3 aromatic heterocycles. The van der Waals surface area contributed by atoms with Crippen molar-refractivity contribution in [2.75, 3.05) is 0 Å². The van der Waals surface area contributed by atoms with Gasteiger partial charge in [-0.05, 0) is 36.3 Å². The van der Waals surface area contributed by atoms with Crippen molar-refractivity contribution >= 4 is 5.91 Å². The van der Waals surface area contributed by atoms with E-state index in [0.29, 0.717) is 28.1 Å². The molecule has 2 aliphatic carbocycles. The number of hydrogen-bond acceptors (Lipinski definition) is 5. The van der Waals surface area contributed by atoms with Crippen molar-refractivity contribution in [1.29, 1.82) is 0 Å². The average molecular weight is 404 g/mol. The van der Waals surface area contributed by atoms with Gasteiger partial charge in [-0.3, -0.25) is 9.78 Å². The second-order valence-corrected chi connectivity index (χ2v) is 9.23. The molecule has 3 atom stereocenters. The molecule has 1 unspecified atom stereocenters. The fourth-order valence-electron chi connectivity index (χ4n) is 4.43. The second-order valence-electron chi connectivity index (χ2n) is 9.23. The van der Waals surface area contributed by atoms with Crippen molar-refractivity contribution in [3.8, 4) is 5.82 Å². The van der Waals surface area contributed by atoms with Gasteiger partial charge in [0.2, 0.25) is 12.0 Å². The fraction of sp³-hybridized carbons (Fsp3) is 0.409. The Labute approximate surface area is 174 Å². The number of amides is 1. The molecule has 1 saturated carbocycles. The lowest BCUT2D eigenvalue weighted by molar-refractivity contribution is -0.605. The van der Waals surface area contributed by atoms with Gasteiger partial charge in [0.25, 0.3) is 5.91 Å². The molecular weight excluding hydrogens is 380 g/mol. The van der Waals surface area contributed by atoms with Gasteiger partial charge in [-0.2, -0.15) is 9.83 Å². The van der Waals surface area contributed by atoms with Crippen LogP contribution in [0.15, 0.2) is 43.0 Å². The van der Waals surface area contributed by atoms with Crippen LogP contribution in [0.1, 0.15) is 66.6 Å². The smallest absolute Gasteiger partial charge is 0.272 e. The Morgan fingerprint density at radius 2 is 2.13 bits per heavy atom. The summed E-state index contributed by atoms with van der Waals surface area (Å²) in [6, 6.07) is 5.45. The third-order valence-electron chi connectivity index (χ3n) is 5.98. The van der Waals surface area contributed by atoms with E-state index >= 15 is 0 Å². The Morgan fingerprint density at radius 3 is 2.83 bits per heavy atom. The van der Waals surface area contributed by atoms with E-state index in [2.05, 4.69) is 41.2 Å². The van der Waals surface area contributed by atoms with Crippen molar-refractivity contribution in [2.24, 2.45) is 11.3 Å². The molecule has 0 saturated heterocycles. The topological polar surface area (TPSA) is 99.6 Å². The molecule has 5 rings (SSSR count). The molecule has 2 aliphatic rings. The van der Waals surface area contributed by atoms with Gasteiger partial charge >= 0.3 is 0 Å². The standard InChI is InChI=1S/C22H24N6O2/c1-22(2,3)20(16-6-4-5-7-23-16)25-21(29)18-15-11-13-10-14(13)19(15)28(26-18)17-12-27(30)9-8-24-17/h4-9,12-14,20H,10-11H2,1-3H3,(H,25,29)/t13-,14-,20?/m1/s1. The first-order chi connectivity index (χ1) is 14.3. The van der Waals surface area contributed by atoms with E-state index in [4.69, 9.17) is 0 Å². The number of nitrogens with zero attached hydrogens (tertiary/aromatic N) is 5. The highest BCUT2D eigenvalue weighted by molar-refractivity contribution is 5.94. The Hall–Kier alpha value is -3.29. The molecule has 30 heavy (non-hydrogen) atoms. The zero-order valence-electron chi connectivity index (χ0n) is 17.2. The lowest BCUT2D eigenvalue weighted by atomic mass is 9.84. The van der Waals surface area contributed by atoms with E-state index in [1.807, 2.05) is 18.2 Å². The molecule has 3 aromatic rings. The molecule has 154 valence electrons. The third-order valence-corrected chi connectivity index (χ3v) is 5.98. The molecule has 1 amide bonds.